The Hall–Kier alpha value is -3.12. The SMILES string of the molecule is C=C(C)CN(CCC)C(=O)OC(C)(C)C.CN=C(C)C#Cc1cc(F)cc(C#N)c1. The monoisotopic (exact) mass is 413 g/mol. The predicted molar refractivity (Wildman–Crippen MR) is 120 cm³/mol. The van der Waals surface area contributed by atoms with Crippen LogP contribution in [0.4, 0.5) is 9.18 Å². The molecule has 0 unspecified atom stereocenters. The van der Waals surface area contributed by atoms with Crippen LogP contribution in [0.15, 0.2) is 35.3 Å². The van der Waals surface area contributed by atoms with Crippen LogP contribution in [0.1, 0.15) is 59.1 Å². The smallest absolute Gasteiger partial charge is 0.410 e. The largest absolute Gasteiger partial charge is 0.444 e. The van der Waals surface area contributed by atoms with Gasteiger partial charge < -0.3 is 9.64 Å². The van der Waals surface area contributed by atoms with Crippen molar-refractivity contribution in [1.29, 1.82) is 5.26 Å². The highest BCUT2D eigenvalue weighted by Gasteiger charge is 2.21. The van der Waals surface area contributed by atoms with Gasteiger partial charge in [0.1, 0.15) is 11.4 Å². The molecule has 0 heterocycles. The summed E-state index contributed by atoms with van der Waals surface area (Å²) in [5.74, 6) is 5.04. The summed E-state index contributed by atoms with van der Waals surface area (Å²) < 4.78 is 18.3. The maximum absolute atomic E-state index is 13.0. The third-order valence-corrected chi connectivity index (χ3v) is 3.36. The Kier molecular flexibility index (Phi) is 11.8. The Balaban J connectivity index is 0.000000561. The van der Waals surface area contributed by atoms with Crippen molar-refractivity contribution in [3.8, 4) is 17.9 Å². The highest BCUT2D eigenvalue weighted by atomic mass is 19.1. The van der Waals surface area contributed by atoms with Crippen molar-refractivity contribution in [3.05, 3.63) is 47.3 Å². The van der Waals surface area contributed by atoms with Gasteiger partial charge in [-0.2, -0.15) is 5.26 Å². The van der Waals surface area contributed by atoms with Crippen LogP contribution in [0.5, 0.6) is 0 Å². The molecular weight excluding hydrogens is 381 g/mol. The van der Waals surface area contributed by atoms with Crippen molar-refractivity contribution in [2.45, 2.75) is 53.6 Å². The fraction of sp³-hybridized carbons (Fsp3) is 0.458. The van der Waals surface area contributed by atoms with Crippen LogP contribution in [-0.2, 0) is 4.74 Å². The molecule has 0 radical (unpaired) electrons. The third kappa shape index (κ3) is 12.4. The van der Waals surface area contributed by atoms with E-state index in [2.05, 4.69) is 23.4 Å². The number of ether oxygens (including phenoxy) is 1. The van der Waals surface area contributed by atoms with Crippen LogP contribution in [0.3, 0.4) is 0 Å². The van der Waals surface area contributed by atoms with Crippen LogP contribution in [0.2, 0.25) is 0 Å². The van der Waals surface area contributed by atoms with Crippen LogP contribution < -0.4 is 0 Å². The second kappa shape index (κ2) is 13.2. The van der Waals surface area contributed by atoms with Gasteiger partial charge in [0.15, 0.2) is 0 Å². The molecule has 0 fully saturated rings. The van der Waals surface area contributed by atoms with Gasteiger partial charge in [0, 0.05) is 25.7 Å². The summed E-state index contributed by atoms with van der Waals surface area (Å²) in [4.78, 5) is 17.3. The number of carbonyl (C=O) groups is 1. The first kappa shape index (κ1) is 26.9. The summed E-state index contributed by atoms with van der Waals surface area (Å²) >= 11 is 0. The predicted octanol–water partition coefficient (Wildman–Crippen LogP) is 5.35. The number of nitriles is 1. The van der Waals surface area contributed by atoms with E-state index in [1.165, 1.54) is 12.1 Å². The quantitative estimate of drug-likeness (QED) is 0.380. The minimum Gasteiger partial charge on any atom is -0.444 e. The van der Waals surface area contributed by atoms with E-state index in [4.69, 9.17) is 10.00 Å². The number of amides is 1. The normalized spacial score (nSPS) is 10.6. The summed E-state index contributed by atoms with van der Waals surface area (Å²) in [6, 6.07) is 5.87. The van der Waals surface area contributed by atoms with Crippen molar-refractivity contribution >= 4 is 11.8 Å². The molecular formula is C24H32FN3O2. The van der Waals surface area contributed by atoms with Gasteiger partial charge in [-0.05, 0) is 65.2 Å². The molecule has 162 valence electrons. The Labute approximate surface area is 180 Å². The average molecular weight is 414 g/mol. The van der Waals surface area contributed by atoms with Gasteiger partial charge in [0.2, 0.25) is 0 Å². The van der Waals surface area contributed by atoms with E-state index < -0.39 is 11.4 Å². The number of halogens is 1. The molecule has 0 N–H and O–H groups in total. The summed E-state index contributed by atoms with van der Waals surface area (Å²) in [7, 11) is 1.64. The Morgan fingerprint density at radius 1 is 1.27 bits per heavy atom. The minimum atomic E-state index is -0.454. The van der Waals surface area contributed by atoms with E-state index in [0.717, 1.165) is 12.0 Å². The lowest BCUT2D eigenvalue weighted by atomic mass is 10.1. The van der Waals surface area contributed by atoms with Gasteiger partial charge in [0.25, 0.3) is 0 Å². The Bertz CT molecular complexity index is 865. The first-order valence-corrected chi connectivity index (χ1v) is 9.70. The minimum absolute atomic E-state index is 0.257. The van der Waals surface area contributed by atoms with E-state index in [1.807, 2.05) is 40.7 Å². The Morgan fingerprint density at radius 3 is 2.33 bits per heavy atom. The number of aliphatic imine (C=N–C) groups is 1. The fourth-order valence-corrected chi connectivity index (χ4v) is 2.10. The molecule has 0 saturated heterocycles. The molecule has 0 bridgehead atoms. The van der Waals surface area contributed by atoms with Gasteiger partial charge >= 0.3 is 6.09 Å². The average Bonchev–Trinajstić information content (AvgIpc) is 2.64. The summed E-state index contributed by atoms with van der Waals surface area (Å²) in [5.41, 5.74) is 1.95. The van der Waals surface area contributed by atoms with E-state index in [1.54, 1.807) is 24.9 Å². The van der Waals surface area contributed by atoms with E-state index in [9.17, 15) is 9.18 Å². The molecule has 1 aromatic rings. The molecule has 0 aliphatic carbocycles. The van der Waals surface area contributed by atoms with Crippen molar-refractivity contribution in [1.82, 2.24) is 4.90 Å². The highest BCUT2D eigenvalue weighted by Crippen LogP contribution is 2.11. The van der Waals surface area contributed by atoms with Gasteiger partial charge in [0.05, 0.1) is 17.3 Å². The zero-order valence-electron chi connectivity index (χ0n) is 19.1. The Morgan fingerprint density at radius 2 is 1.87 bits per heavy atom. The lowest BCUT2D eigenvalue weighted by Gasteiger charge is -2.27. The van der Waals surface area contributed by atoms with Gasteiger partial charge in [-0.3, -0.25) is 4.99 Å². The molecule has 1 amide bonds. The van der Waals surface area contributed by atoms with E-state index in [0.29, 0.717) is 24.4 Å². The second-order valence-corrected chi connectivity index (χ2v) is 7.76. The first-order valence-electron chi connectivity index (χ1n) is 9.70. The number of carbonyl (C=O) groups excluding carboxylic acids is 1. The van der Waals surface area contributed by atoms with Crippen LogP contribution in [-0.4, -0.2) is 42.4 Å². The number of hydrogen-bond donors (Lipinski definition) is 0. The molecule has 0 atom stereocenters. The van der Waals surface area contributed by atoms with Crippen molar-refractivity contribution < 1.29 is 13.9 Å². The zero-order chi connectivity index (χ0) is 23.3. The molecule has 6 heteroatoms. The third-order valence-electron chi connectivity index (χ3n) is 3.36. The van der Waals surface area contributed by atoms with E-state index in [-0.39, 0.29) is 11.7 Å². The summed E-state index contributed by atoms with van der Waals surface area (Å²) in [5, 5.41) is 8.62. The molecule has 30 heavy (non-hydrogen) atoms. The number of hydrogen-bond acceptors (Lipinski definition) is 4. The second-order valence-electron chi connectivity index (χ2n) is 7.76. The standard InChI is InChI=1S/C12H9FN2.C12H23NO2/c1-9(15-2)3-4-10-5-11(8-14)7-12(13)6-10;1-7-8-13(9-10(2)3)11(14)15-12(4,5)6/h5-7H,1-2H3;2,7-9H2,1,3-6H3. The molecule has 5 nitrogen and oxygen atoms in total. The van der Waals surface area contributed by atoms with Crippen molar-refractivity contribution in [2.24, 2.45) is 4.99 Å². The maximum Gasteiger partial charge on any atom is 0.410 e. The summed E-state index contributed by atoms with van der Waals surface area (Å²) in [6.07, 6.45) is 0.666. The molecule has 0 spiro atoms. The van der Waals surface area contributed by atoms with Crippen LogP contribution in [0.25, 0.3) is 0 Å². The fourth-order valence-electron chi connectivity index (χ4n) is 2.10. The molecule has 1 aromatic carbocycles. The maximum atomic E-state index is 13.0. The molecule has 0 saturated carbocycles. The lowest BCUT2D eigenvalue weighted by Crippen LogP contribution is -2.38. The summed E-state index contributed by atoms with van der Waals surface area (Å²) in [6.45, 7) is 16.4. The van der Waals surface area contributed by atoms with E-state index >= 15 is 0 Å². The van der Waals surface area contributed by atoms with Crippen LogP contribution in [0, 0.1) is 29.0 Å². The highest BCUT2D eigenvalue weighted by molar-refractivity contribution is 5.98. The first-order chi connectivity index (χ1) is 13.9. The van der Waals surface area contributed by atoms with Crippen LogP contribution >= 0.6 is 0 Å². The van der Waals surface area contributed by atoms with Gasteiger partial charge in [-0.15, -0.1) is 0 Å². The number of rotatable bonds is 4. The number of benzene rings is 1. The molecule has 0 aliphatic heterocycles. The lowest BCUT2D eigenvalue weighted by molar-refractivity contribution is 0.0267. The molecule has 0 aromatic heterocycles. The number of nitrogens with zero attached hydrogens (tertiary/aromatic N) is 3. The topological polar surface area (TPSA) is 65.7 Å². The molecule has 0 aliphatic rings. The van der Waals surface area contributed by atoms with Crippen molar-refractivity contribution in [3.63, 3.8) is 0 Å². The van der Waals surface area contributed by atoms with Gasteiger partial charge in [-0.25, -0.2) is 9.18 Å². The van der Waals surface area contributed by atoms with Gasteiger partial charge in [-0.1, -0.05) is 25.0 Å². The molecule has 1 rings (SSSR count). The van der Waals surface area contributed by atoms with Crippen molar-refractivity contribution in [2.75, 3.05) is 20.1 Å². The zero-order valence-corrected chi connectivity index (χ0v) is 19.1.